The molecule has 166 valence electrons. The Morgan fingerprint density at radius 1 is 0.484 bits per heavy atom. The van der Waals surface area contributed by atoms with E-state index in [0.717, 1.165) is 0 Å². The molecule has 31 heavy (non-hydrogen) atoms. The number of ether oxygens (including phenoxy) is 3. The van der Waals surface area contributed by atoms with Gasteiger partial charge < -0.3 is 24.0 Å². The van der Waals surface area contributed by atoms with E-state index < -0.39 is 0 Å². The predicted octanol–water partition coefficient (Wildman–Crippen LogP) is 1.78. The molecule has 1 aliphatic heterocycles. The zero-order valence-corrected chi connectivity index (χ0v) is 17.8. The van der Waals surface area contributed by atoms with Crippen molar-refractivity contribution >= 4 is 11.4 Å². The SMILES string of the molecule is O=c1cccccc1N1CCOCCOCCN(c2cccccc2=O)CCOCC1. The normalized spacial score (nSPS) is 17.4. The summed E-state index contributed by atoms with van der Waals surface area (Å²) >= 11 is 0. The lowest BCUT2D eigenvalue weighted by atomic mass is 10.3. The molecule has 0 atom stereocenters. The molecule has 0 aromatic heterocycles. The van der Waals surface area contributed by atoms with E-state index >= 15 is 0 Å². The molecule has 0 bridgehead atoms. The second-order valence-corrected chi connectivity index (χ2v) is 7.13. The van der Waals surface area contributed by atoms with Crippen molar-refractivity contribution in [2.24, 2.45) is 0 Å². The molecule has 1 saturated heterocycles. The summed E-state index contributed by atoms with van der Waals surface area (Å²) in [5.74, 6) is 0. The van der Waals surface area contributed by atoms with E-state index in [0.29, 0.717) is 77.2 Å². The van der Waals surface area contributed by atoms with E-state index in [1.807, 2.05) is 46.2 Å². The molecule has 7 nitrogen and oxygen atoms in total. The molecule has 2 aromatic carbocycles. The maximum Gasteiger partial charge on any atom is 0.201 e. The zero-order chi connectivity index (χ0) is 21.7. The van der Waals surface area contributed by atoms with Crippen LogP contribution in [0.2, 0.25) is 0 Å². The first-order valence-corrected chi connectivity index (χ1v) is 10.7. The molecule has 1 heterocycles. The molecule has 0 saturated carbocycles. The Morgan fingerprint density at radius 3 is 1.26 bits per heavy atom. The number of anilines is 2. The number of rotatable bonds is 2. The molecular weight excluding hydrogens is 396 g/mol. The van der Waals surface area contributed by atoms with E-state index in [4.69, 9.17) is 14.2 Å². The van der Waals surface area contributed by atoms with Crippen LogP contribution in [0.1, 0.15) is 0 Å². The Morgan fingerprint density at radius 2 is 0.839 bits per heavy atom. The van der Waals surface area contributed by atoms with E-state index in [9.17, 15) is 9.59 Å². The van der Waals surface area contributed by atoms with Gasteiger partial charge in [0.05, 0.1) is 51.0 Å². The predicted molar refractivity (Wildman–Crippen MR) is 122 cm³/mol. The highest BCUT2D eigenvalue weighted by molar-refractivity contribution is 5.46. The third-order valence-electron chi connectivity index (χ3n) is 5.03. The van der Waals surface area contributed by atoms with E-state index in [-0.39, 0.29) is 10.9 Å². The van der Waals surface area contributed by atoms with Gasteiger partial charge in [-0.15, -0.1) is 0 Å². The molecule has 0 radical (unpaired) electrons. The molecule has 1 aliphatic rings. The van der Waals surface area contributed by atoms with Gasteiger partial charge in [0.1, 0.15) is 0 Å². The Labute approximate surface area is 182 Å². The highest BCUT2D eigenvalue weighted by Crippen LogP contribution is 2.09. The van der Waals surface area contributed by atoms with Crippen molar-refractivity contribution in [2.75, 3.05) is 75.6 Å². The fourth-order valence-electron chi connectivity index (χ4n) is 3.39. The molecular formula is C24H30N2O5. The van der Waals surface area contributed by atoms with Crippen LogP contribution in [0, 0.1) is 0 Å². The van der Waals surface area contributed by atoms with Gasteiger partial charge in [0.2, 0.25) is 10.9 Å². The van der Waals surface area contributed by atoms with Crippen molar-refractivity contribution in [3.05, 3.63) is 81.1 Å². The lowest BCUT2D eigenvalue weighted by Crippen LogP contribution is -2.35. The lowest BCUT2D eigenvalue weighted by Gasteiger charge is -2.25. The molecule has 3 rings (SSSR count). The number of hydrogen-bond donors (Lipinski definition) is 0. The fraction of sp³-hybridized carbons (Fsp3) is 0.417. The summed E-state index contributed by atoms with van der Waals surface area (Å²) in [5.41, 5.74) is 1.20. The standard InChI is InChI=1S/C24H30N2O5/c27-23-9-5-1-3-7-21(23)25-11-15-29-16-12-26(14-18-31-20-19-30-17-13-25)22-8-4-2-6-10-24(22)28/h1-10H,11-20H2. The van der Waals surface area contributed by atoms with Crippen molar-refractivity contribution in [3.63, 3.8) is 0 Å². The van der Waals surface area contributed by atoms with Gasteiger partial charge in [0, 0.05) is 26.2 Å². The molecule has 0 unspecified atom stereocenters. The Kier molecular flexibility index (Phi) is 9.50. The quantitative estimate of drug-likeness (QED) is 0.725. The van der Waals surface area contributed by atoms with Gasteiger partial charge in [-0.2, -0.15) is 0 Å². The highest BCUT2D eigenvalue weighted by atomic mass is 16.5. The first-order valence-electron chi connectivity index (χ1n) is 10.7. The van der Waals surface area contributed by atoms with Gasteiger partial charge in [-0.1, -0.05) is 36.4 Å². The van der Waals surface area contributed by atoms with Crippen LogP contribution >= 0.6 is 0 Å². The van der Waals surface area contributed by atoms with Crippen LogP contribution in [-0.2, 0) is 14.2 Å². The van der Waals surface area contributed by atoms with Crippen molar-refractivity contribution in [1.82, 2.24) is 0 Å². The summed E-state index contributed by atoms with van der Waals surface area (Å²) in [6, 6.07) is 17.7. The smallest absolute Gasteiger partial charge is 0.201 e. The van der Waals surface area contributed by atoms with Crippen LogP contribution in [0.25, 0.3) is 0 Å². The van der Waals surface area contributed by atoms with Gasteiger partial charge in [-0.25, -0.2) is 0 Å². The zero-order valence-electron chi connectivity index (χ0n) is 17.8. The van der Waals surface area contributed by atoms with Gasteiger partial charge in [-0.3, -0.25) is 9.59 Å². The second kappa shape index (κ2) is 12.8. The van der Waals surface area contributed by atoms with Gasteiger partial charge >= 0.3 is 0 Å². The number of hydrogen-bond acceptors (Lipinski definition) is 7. The largest absolute Gasteiger partial charge is 0.378 e. The van der Waals surface area contributed by atoms with Gasteiger partial charge in [0.15, 0.2) is 0 Å². The van der Waals surface area contributed by atoms with Crippen LogP contribution in [0.5, 0.6) is 0 Å². The average molecular weight is 427 g/mol. The van der Waals surface area contributed by atoms with Crippen LogP contribution < -0.4 is 20.7 Å². The number of nitrogens with zero attached hydrogens (tertiary/aromatic N) is 2. The Hall–Kier alpha value is -2.74. The van der Waals surface area contributed by atoms with Crippen LogP contribution in [0.3, 0.4) is 0 Å². The summed E-state index contributed by atoms with van der Waals surface area (Å²) < 4.78 is 17.3. The minimum Gasteiger partial charge on any atom is -0.378 e. The van der Waals surface area contributed by atoms with E-state index in [1.54, 1.807) is 24.3 Å². The summed E-state index contributed by atoms with van der Waals surface area (Å²) in [6.45, 7) is 5.21. The molecule has 2 aromatic rings. The van der Waals surface area contributed by atoms with Crippen LogP contribution in [-0.4, -0.2) is 65.8 Å². The summed E-state index contributed by atoms with van der Waals surface area (Å²) in [6.07, 6.45) is 0. The summed E-state index contributed by atoms with van der Waals surface area (Å²) in [5, 5.41) is 0. The minimum atomic E-state index is -0.0302. The van der Waals surface area contributed by atoms with E-state index in [2.05, 4.69) is 0 Å². The summed E-state index contributed by atoms with van der Waals surface area (Å²) in [7, 11) is 0. The van der Waals surface area contributed by atoms with Crippen molar-refractivity contribution in [2.45, 2.75) is 0 Å². The lowest BCUT2D eigenvalue weighted by molar-refractivity contribution is 0.0530. The Balaban J connectivity index is 1.68. The monoisotopic (exact) mass is 426 g/mol. The molecule has 0 N–H and O–H groups in total. The minimum absolute atomic E-state index is 0.0302. The third kappa shape index (κ3) is 7.47. The molecule has 1 fully saturated rings. The average Bonchev–Trinajstić information content (AvgIpc) is 3.11. The van der Waals surface area contributed by atoms with Crippen LogP contribution in [0.15, 0.2) is 70.3 Å². The van der Waals surface area contributed by atoms with E-state index in [1.165, 1.54) is 0 Å². The molecule has 0 amide bonds. The maximum absolute atomic E-state index is 12.4. The first-order chi connectivity index (χ1) is 15.3. The molecule has 0 aliphatic carbocycles. The first kappa shape index (κ1) is 22.9. The Bertz CT molecular complexity index is 849. The van der Waals surface area contributed by atoms with Crippen molar-refractivity contribution in [3.8, 4) is 0 Å². The van der Waals surface area contributed by atoms with Crippen LogP contribution in [0.4, 0.5) is 11.4 Å². The maximum atomic E-state index is 12.4. The molecule has 0 spiro atoms. The topological polar surface area (TPSA) is 68.3 Å². The van der Waals surface area contributed by atoms with Gasteiger partial charge in [0.25, 0.3) is 0 Å². The summed E-state index contributed by atoms with van der Waals surface area (Å²) in [4.78, 5) is 28.8. The highest BCUT2D eigenvalue weighted by Gasteiger charge is 2.12. The van der Waals surface area contributed by atoms with Crippen molar-refractivity contribution < 1.29 is 14.2 Å². The second-order valence-electron chi connectivity index (χ2n) is 7.13. The van der Waals surface area contributed by atoms with Gasteiger partial charge in [-0.05, 0) is 24.3 Å². The molecule has 7 heteroatoms. The fourth-order valence-corrected chi connectivity index (χ4v) is 3.39. The van der Waals surface area contributed by atoms with Crippen molar-refractivity contribution in [1.29, 1.82) is 0 Å². The third-order valence-corrected chi connectivity index (χ3v) is 5.03.